The lowest BCUT2D eigenvalue weighted by Crippen LogP contribution is -2.32. The van der Waals surface area contributed by atoms with Gasteiger partial charge in [0.2, 0.25) is 0 Å². The van der Waals surface area contributed by atoms with Gasteiger partial charge in [-0.3, -0.25) is 9.59 Å². The fourth-order valence-corrected chi connectivity index (χ4v) is 2.15. The van der Waals surface area contributed by atoms with Gasteiger partial charge in [-0.15, -0.1) is 0 Å². The molecule has 5 heteroatoms. The van der Waals surface area contributed by atoms with Gasteiger partial charge >= 0.3 is 11.8 Å². The number of rotatable bonds is 4. The standard InChI is InChI=1S/C19H21N3O2/c1-13-9-10-14(2)17(11-13)21-18(23)19(24)22-20-12-15(3)16-7-5-4-6-8-16/h4-12,15H,1-3H3,(H,21,23)(H,22,24). The van der Waals surface area contributed by atoms with Gasteiger partial charge in [0.15, 0.2) is 0 Å². The van der Waals surface area contributed by atoms with Gasteiger partial charge in [-0.1, -0.05) is 49.4 Å². The highest BCUT2D eigenvalue weighted by Crippen LogP contribution is 2.16. The number of amides is 2. The molecule has 0 bridgehead atoms. The number of carbonyl (C=O) groups is 2. The maximum Gasteiger partial charge on any atom is 0.329 e. The molecule has 124 valence electrons. The van der Waals surface area contributed by atoms with Gasteiger partial charge in [0.25, 0.3) is 0 Å². The summed E-state index contributed by atoms with van der Waals surface area (Å²) in [5, 5.41) is 6.46. The minimum atomic E-state index is -0.799. The number of carbonyl (C=O) groups excluding carboxylic acids is 2. The van der Waals surface area contributed by atoms with Crippen molar-refractivity contribution in [1.82, 2.24) is 5.43 Å². The topological polar surface area (TPSA) is 70.6 Å². The lowest BCUT2D eigenvalue weighted by Gasteiger charge is -2.08. The molecule has 2 amide bonds. The minimum absolute atomic E-state index is 0.0357. The number of nitrogens with one attached hydrogen (secondary N) is 2. The Balaban J connectivity index is 1.91. The summed E-state index contributed by atoms with van der Waals surface area (Å²) in [6.45, 7) is 5.75. The van der Waals surface area contributed by atoms with Crippen LogP contribution < -0.4 is 10.7 Å². The molecule has 24 heavy (non-hydrogen) atoms. The van der Waals surface area contributed by atoms with Crippen molar-refractivity contribution in [3.63, 3.8) is 0 Å². The second kappa shape index (κ2) is 8.06. The molecule has 0 aliphatic heterocycles. The van der Waals surface area contributed by atoms with Gasteiger partial charge in [0.05, 0.1) is 0 Å². The zero-order chi connectivity index (χ0) is 17.5. The Kier molecular flexibility index (Phi) is 5.84. The summed E-state index contributed by atoms with van der Waals surface area (Å²) in [5.41, 5.74) is 5.85. The normalized spacial score (nSPS) is 12.0. The minimum Gasteiger partial charge on any atom is -0.317 e. The molecule has 0 aliphatic carbocycles. The average Bonchev–Trinajstić information content (AvgIpc) is 2.58. The van der Waals surface area contributed by atoms with Crippen LogP contribution in [0.1, 0.15) is 29.5 Å². The van der Waals surface area contributed by atoms with E-state index < -0.39 is 11.8 Å². The molecule has 2 aromatic rings. The SMILES string of the molecule is Cc1ccc(C)c(NC(=O)C(=O)NN=CC(C)c2ccccc2)c1. The molecule has 1 atom stereocenters. The first-order chi connectivity index (χ1) is 11.5. The predicted octanol–water partition coefficient (Wildman–Crippen LogP) is 3.15. The van der Waals surface area contributed by atoms with Crippen molar-refractivity contribution >= 4 is 23.7 Å². The average molecular weight is 323 g/mol. The molecule has 0 aliphatic rings. The van der Waals surface area contributed by atoms with Crippen LogP contribution in [0.4, 0.5) is 5.69 Å². The first kappa shape index (κ1) is 17.4. The summed E-state index contributed by atoms with van der Waals surface area (Å²) in [6.07, 6.45) is 1.60. The summed E-state index contributed by atoms with van der Waals surface area (Å²) in [4.78, 5) is 23.7. The molecule has 0 fully saturated rings. The van der Waals surface area contributed by atoms with Crippen LogP contribution in [-0.4, -0.2) is 18.0 Å². The smallest absolute Gasteiger partial charge is 0.317 e. The van der Waals surface area contributed by atoms with E-state index >= 15 is 0 Å². The molecule has 1 unspecified atom stereocenters. The van der Waals surface area contributed by atoms with E-state index in [-0.39, 0.29) is 5.92 Å². The molecule has 0 saturated carbocycles. The van der Waals surface area contributed by atoms with Crippen molar-refractivity contribution in [3.8, 4) is 0 Å². The molecular weight excluding hydrogens is 302 g/mol. The summed E-state index contributed by atoms with van der Waals surface area (Å²) in [6, 6.07) is 15.4. The van der Waals surface area contributed by atoms with Crippen molar-refractivity contribution in [3.05, 3.63) is 65.2 Å². The Morgan fingerprint density at radius 1 is 1.04 bits per heavy atom. The monoisotopic (exact) mass is 323 g/mol. The number of hydrazone groups is 1. The summed E-state index contributed by atoms with van der Waals surface area (Å²) < 4.78 is 0. The van der Waals surface area contributed by atoms with E-state index in [1.165, 1.54) is 0 Å². The van der Waals surface area contributed by atoms with Crippen molar-refractivity contribution < 1.29 is 9.59 Å². The fourth-order valence-electron chi connectivity index (χ4n) is 2.15. The number of aryl methyl sites for hydroxylation is 2. The highest BCUT2D eigenvalue weighted by Gasteiger charge is 2.14. The zero-order valence-corrected chi connectivity index (χ0v) is 14.0. The van der Waals surface area contributed by atoms with Crippen LogP contribution >= 0.6 is 0 Å². The molecule has 0 radical (unpaired) electrons. The van der Waals surface area contributed by atoms with Gasteiger partial charge < -0.3 is 5.32 Å². The highest BCUT2D eigenvalue weighted by molar-refractivity contribution is 6.39. The third-order valence-electron chi connectivity index (χ3n) is 3.64. The lowest BCUT2D eigenvalue weighted by molar-refractivity contribution is -0.136. The molecule has 5 nitrogen and oxygen atoms in total. The van der Waals surface area contributed by atoms with Crippen molar-refractivity contribution in [2.75, 3.05) is 5.32 Å². The molecule has 2 aromatic carbocycles. The number of hydrogen-bond donors (Lipinski definition) is 2. The van der Waals surface area contributed by atoms with Gasteiger partial charge in [-0.2, -0.15) is 5.10 Å². The van der Waals surface area contributed by atoms with E-state index in [1.807, 2.05) is 69.3 Å². The van der Waals surface area contributed by atoms with Crippen LogP contribution in [0.15, 0.2) is 53.6 Å². The molecule has 0 spiro atoms. The van der Waals surface area contributed by atoms with Crippen molar-refractivity contribution in [1.29, 1.82) is 0 Å². The van der Waals surface area contributed by atoms with Gasteiger partial charge in [-0.25, -0.2) is 5.43 Å². The van der Waals surface area contributed by atoms with Gasteiger partial charge in [0, 0.05) is 17.8 Å². The second-order valence-electron chi connectivity index (χ2n) is 5.69. The van der Waals surface area contributed by atoms with Crippen molar-refractivity contribution in [2.24, 2.45) is 5.10 Å². The fraction of sp³-hybridized carbons (Fsp3) is 0.211. The molecule has 0 aromatic heterocycles. The quantitative estimate of drug-likeness (QED) is 0.515. The first-order valence-electron chi connectivity index (χ1n) is 7.74. The third kappa shape index (κ3) is 4.78. The van der Waals surface area contributed by atoms with Gasteiger partial charge in [-0.05, 0) is 36.6 Å². The third-order valence-corrected chi connectivity index (χ3v) is 3.64. The van der Waals surface area contributed by atoms with Crippen molar-refractivity contribution in [2.45, 2.75) is 26.7 Å². The Bertz CT molecular complexity index is 754. The Morgan fingerprint density at radius 3 is 2.46 bits per heavy atom. The molecule has 0 heterocycles. The van der Waals surface area contributed by atoms with Crippen LogP contribution in [0.3, 0.4) is 0 Å². The van der Waals surface area contributed by atoms with E-state index in [1.54, 1.807) is 6.21 Å². The van der Waals surface area contributed by atoms with Crippen LogP contribution in [0, 0.1) is 13.8 Å². The molecule has 0 saturated heterocycles. The van der Waals surface area contributed by atoms with E-state index in [2.05, 4.69) is 15.8 Å². The lowest BCUT2D eigenvalue weighted by atomic mass is 10.0. The van der Waals surface area contributed by atoms with Crippen LogP contribution in [0.2, 0.25) is 0 Å². The number of nitrogens with zero attached hydrogens (tertiary/aromatic N) is 1. The second-order valence-corrected chi connectivity index (χ2v) is 5.69. The maximum absolute atomic E-state index is 11.9. The Labute approximate surface area is 141 Å². The maximum atomic E-state index is 11.9. The largest absolute Gasteiger partial charge is 0.329 e. The van der Waals surface area contributed by atoms with E-state index in [0.717, 1.165) is 16.7 Å². The molecule has 2 rings (SSSR count). The number of hydrogen-bond acceptors (Lipinski definition) is 3. The van der Waals surface area contributed by atoms with E-state index in [4.69, 9.17) is 0 Å². The predicted molar refractivity (Wildman–Crippen MR) is 96.0 cm³/mol. The van der Waals surface area contributed by atoms with Crippen LogP contribution in [-0.2, 0) is 9.59 Å². The van der Waals surface area contributed by atoms with Crippen LogP contribution in [0.5, 0.6) is 0 Å². The Hall–Kier alpha value is -2.95. The molecular formula is C19H21N3O2. The van der Waals surface area contributed by atoms with Crippen LogP contribution in [0.25, 0.3) is 0 Å². The number of benzene rings is 2. The number of anilines is 1. The zero-order valence-electron chi connectivity index (χ0n) is 14.0. The van der Waals surface area contributed by atoms with Gasteiger partial charge in [0.1, 0.15) is 0 Å². The summed E-state index contributed by atoms with van der Waals surface area (Å²) >= 11 is 0. The highest BCUT2D eigenvalue weighted by atomic mass is 16.2. The first-order valence-corrected chi connectivity index (χ1v) is 7.74. The summed E-state index contributed by atoms with van der Waals surface area (Å²) in [7, 11) is 0. The van der Waals surface area contributed by atoms with E-state index in [0.29, 0.717) is 5.69 Å². The van der Waals surface area contributed by atoms with E-state index in [9.17, 15) is 9.59 Å². The Morgan fingerprint density at radius 2 is 1.75 bits per heavy atom. The molecule has 2 N–H and O–H groups in total. The summed E-state index contributed by atoms with van der Waals surface area (Å²) in [5.74, 6) is -1.51.